The normalized spacial score (nSPS) is 11.5. The van der Waals surface area contributed by atoms with Crippen LogP contribution in [0.2, 0.25) is 5.02 Å². The predicted octanol–water partition coefficient (Wildman–Crippen LogP) is 4.82. The van der Waals surface area contributed by atoms with Crippen LogP contribution in [0.5, 0.6) is 5.75 Å². The van der Waals surface area contributed by atoms with Crippen LogP contribution in [0.1, 0.15) is 16.7 Å². The fourth-order valence-corrected chi connectivity index (χ4v) is 5.14. The Morgan fingerprint density at radius 3 is 2.30 bits per heavy atom. The zero-order valence-corrected chi connectivity index (χ0v) is 20.7. The molecule has 0 spiro atoms. The highest BCUT2D eigenvalue weighted by Gasteiger charge is 2.31. The average Bonchev–Trinajstić information content (AvgIpc) is 2.80. The Kier molecular flexibility index (Phi) is 7.79. The lowest BCUT2D eigenvalue weighted by molar-refractivity contribution is -0.118. The monoisotopic (exact) mass is 486 g/mol. The van der Waals surface area contributed by atoms with Crippen LogP contribution < -0.4 is 9.64 Å². The SMILES string of the molecule is COc1ccc(Cl)cc1S(=O)(=O)N(CC(=O)N(C)c1ccc(C)c(C)c1)Cc1ccccc1. The second-order valence-corrected chi connectivity index (χ2v) is 10.1. The van der Waals surface area contributed by atoms with Gasteiger partial charge >= 0.3 is 0 Å². The van der Waals surface area contributed by atoms with Crippen molar-refractivity contribution < 1.29 is 17.9 Å². The first-order chi connectivity index (χ1) is 15.6. The summed E-state index contributed by atoms with van der Waals surface area (Å²) < 4.78 is 33.8. The van der Waals surface area contributed by atoms with E-state index in [4.69, 9.17) is 16.3 Å². The fourth-order valence-electron chi connectivity index (χ4n) is 3.34. The highest BCUT2D eigenvalue weighted by Crippen LogP contribution is 2.30. The summed E-state index contributed by atoms with van der Waals surface area (Å²) in [4.78, 5) is 14.6. The number of carbonyl (C=O) groups excluding carboxylic acids is 1. The van der Waals surface area contributed by atoms with Gasteiger partial charge in [-0.25, -0.2) is 8.42 Å². The van der Waals surface area contributed by atoms with Gasteiger partial charge in [0.2, 0.25) is 15.9 Å². The Morgan fingerprint density at radius 1 is 0.970 bits per heavy atom. The first kappa shape index (κ1) is 24.8. The minimum atomic E-state index is -4.11. The molecule has 33 heavy (non-hydrogen) atoms. The molecule has 6 nitrogen and oxygen atoms in total. The maximum atomic E-state index is 13.7. The molecular weight excluding hydrogens is 460 g/mol. The van der Waals surface area contributed by atoms with Gasteiger partial charge in [-0.15, -0.1) is 0 Å². The highest BCUT2D eigenvalue weighted by molar-refractivity contribution is 7.89. The molecule has 0 aromatic heterocycles. The van der Waals surface area contributed by atoms with Crippen LogP contribution in [-0.4, -0.2) is 39.3 Å². The number of hydrogen-bond acceptors (Lipinski definition) is 4. The van der Waals surface area contributed by atoms with E-state index in [9.17, 15) is 13.2 Å². The molecule has 0 bridgehead atoms. The summed E-state index contributed by atoms with van der Waals surface area (Å²) in [5.41, 5.74) is 3.61. The van der Waals surface area contributed by atoms with E-state index in [1.165, 1.54) is 24.1 Å². The minimum Gasteiger partial charge on any atom is -0.495 e. The van der Waals surface area contributed by atoms with Crippen molar-refractivity contribution in [1.29, 1.82) is 0 Å². The summed E-state index contributed by atoms with van der Waals surface area (Å²) in [6.45, 7) is 3.63. The summed E-state index contributed by atoms with van der Waals surface area (Å²) in [5.74, 6) is -0.203. The molecule has 0 fully saturated rings. The number of ether oxygens (including phenoxy) is 1. The number of rotatable bonds is 8. The van der Waals surface area contributed by atoms with Gasteiger partial charge in [-0.05, 0) is 60.9 Å². The highest BCUT2D eigenvalue weighted by atomic mass is 35.5. The number of aryl methyl sites for hydroxylation is 2. The molecule has 0 atom stereocenters. The van der Waals surface area contributed by atoms with E-state index in [0.29, 0.717) is 5.69 Å². The maximum absolute atomic E-state index is 13.7. The van der Waals surface area contributed by atoms with Gasteiger partial charge in [0.15, 0.2) is 0 Å². The number of methoxy groups -OCH3 is 1. The molecule has 0 saturated heterocycles. The Bertz CT molecular complexity index is 1250. The van der Waals surface area contributed by atoms with E-state index in [1.54, 1.807) is 13.1 Å². The zero-order valence-electron chi connectivity index (χ0n) is 19.1. The molecule has 8 heteroatoms. The minimum absolute atomic E-state index is 0.0192. The van der Waals surface area contributed by atoms with Crippen LogP contribution in [0.15, 0.2) is 71.6 Å². The summed E-state index contributed by atoms with van der Waals surface area (Å²) in [6, 6.07) is 19.2. The Labute approximate surface area is 200 Å². The number of anilines is 1. The van der Waals surface area contributed by atoms with Gasteiger partial charge in [0.1, 0.15) is 10.6 Å². The van der Waals surface area contributed by atoms with Crippen LogP contribution in [0, 0.1) is 13.8 Å². The van der Waals surface area contributed by atoms with E-state index in [2.05, 4.69) is 0 Å². The zero-order chi connectivity index (χ0) is 24.2. The Hall–Kier alpha value is -2.87. The van der Waals surface area contributed by atoms with Crippen LogP contribution in [-0.2, 0) is 21.4 Å². The Morgan fingerprint density at radius 2 is 1.67 bits per heavy atom. The molecule has 0 aliphatic rings. The lowest BCUT2D eigenvalue weighted by Crippen LogP contribution is -2.41. The molecule has 0 unspecified atom stereocenters. The van der Waals surface area contributed by atoms with Crippen LogP contribution >= 0.6 is 11.6 Å². The van der Waals surface area contributed by atoms with Crippen molar-refractivity contribution in [3.05, 3.63) is 88.4 Å². The van der Waals surface area contributed by atoms with E-state index in [-0.39, 0.29) is 34.7 Å². The molecule has 0 heterocycles. The largest absolute Gasteiger partial charge is 0.495 e. The van der Waals surface area contributed by atoms with Gasteiger partial charge in [0.05, 0.1) is 13.7 Å². The van der Waals surface area contributed by atoms with Gasteiger partial charge in [0, 0.05) is 24.3 Å². The molecule has 0 N–H and O–H groups in total. The Balaban J connectivity index is 1.98. The first-order valence-corrected chi connectivity index (χ1v) is 12.2. The van der Waals surface area contributed by atoms with E-state index < -0.39 is 10.0 Å². The smallest absolute Gasteiger partial charge is 0.247 e. The first-order valence-electron chi connectivity index (χ1n) is 10.3. The summed E-state index contributed by atoms with van der Waals surface area (Å²) in [7, 11) is -1.08. The summed E-state index contributed by atoms with van der Waals surface area (Å²) in [5, 5.41) is 0.257. The van der Waals surface area contributed by atoms with E-state index in [0.717, 1.165) is 21.0 Å². The van der Waals surface area contributed by atoms with Crippen molar-refractivity contribution >= 4 is 33.2 Å². The molecule has 3 aromatic carbocycles. The second-order valence-electron chi connectivity index (χ2n) is 7.78. The van der Waals surface area contributed by atoms with Crippen molar-refractivity contribution in [2.45, 2.75) is 25.3 Å². The van der Waals surface area contributed by atoms with Gasteiger partial charge in [0.25, 0.3) is 0 Å². The van der Waals surface area contributed by atoms with E-state index >= 15 is 0 Å². The van der Waals surface area contributed by atoms with Crippen LogP contribution in [0.25, 0.3) is 0 Å². The van der Waals surface area contributed by atoms with Crippen molar-refractivity contribution in [3.63, 3.8) is 0 Å². The average molecular weight is 487 g/mol. The molecule has 1 amide bonds. The van der Waals surface area contributed by atoms with Gasteiger partial charge in [-0.3, -0.25) is 4.79 Å². The quantitative estimate of drug-likeness (QED) is 0.458. The molecule has 0 saturated carbocycles. The van der Waals surface area contributed by atoms with Gasteiger partial charge in [-0.2, -0.15) is 4.31 Å². The maximum Gasteiger partial charge on any atom is 0.247 e. The standard InChI is InChI=1S/C25H27ClN2O4S/c1-18-10-12-22(14-19(18)2)27(3)25(29)17-28(16-20-8-6-5-7-9-20)33(30,31)24-15-21(26)11-13-23(24)32-4/h5-15H,16-17H2,1-4H3. The number of hydrogen-bond donors (Lipinski definition) is 0. The van der Waals surface area contributed by atoms with Crippen molar-refractivity contribution in [1.82, 2.24) is 4.31 Å². The third-order valence-electron chi connectivity index (χ3n) is 5.51. The fraction of sp³-hybridized carbons (Fsp3) is 0.240. The third-order valence-corrected chi connectivity index (χ3v) is 7.56. The van der Waals surface area contributed by atoms with Crippen molar-refractivity contribution in [2.24, 2.45) is 0 Å². The molecule has 3 rings (SSSR count). The van der Waals surface area contributed by atoms with Gasteiger partial charge < -0.3 is 9.64 Å². The van der Waals surface area contributed by atoms with Crippen LogP contribution in [0.4, 0.5) is 5.69 Å². The van der Waals surface area contributed by atoms with Crippen molar-refractivity contribution in [2.75, 3.05) is 25.6 Å². The summed E-state index contributed by atoms with van der Waals surface area (Å²) in [6.07, 6.45) is 0. The molecular formula is C25H27ClN2O4S. The number of likely N-dealkylation sites (N-methyl/N-ethyl adjacent to an activating group) is 1. The topological polar surface area (TPSA) is 66.9 Å². The molecule has 0 aliphatic carbocycles. The number of nitrogens with zero attached hydrogens (tertiary/aromatic N) is 2. The number of halogens is 1. The van der Waals surface area contributed by atoms with Crippen LogP contribution in [0.3, 0.4) is 0 Å². The molecule has 174 valence electrons. The molecule has 0 aliphatic heterocycles. The van der Waals surface area contributed by atoms with Crippen molar-refractivity contribution in [3.8, 4) is 5.75 Å². The number of sulfonamides is 1. The number of carbonyl (C=O) groups is 1. The lowest BCUT2D eigenvalue weighted by atomic mass is 10.1. The van der Waals surface area contributed by atoms with Gasteiger partial charge in [-0.1, -0.05) is 48.0 Å². The molecule has 0 radical (unpaired) electrons. The summed E-state index contributed by atoms with van der Waals surface area (Å²) >= 11 is 6.09. The molecule has 3 aromatic rings. The number of benzene rings is 3. The van der Waals surface area contributed by atoms with E-state index in [1.807, 2.05) is 62.4 Å². The second kappa shape index (κ2) is 10.4. The third kappa shape index (κ3) is 5.74. The number of amides is 1. The lowest BCUT2D eigenvalue weighted by Gasteiger charge is -2.26. The predicted molar refractivity (Wildman–Crippen MR) is 131 cm³/mol.